The number of methoxy groups -OCH3 is 1. The van der Waals surface area contributed by atoms with Gasteiger partial charge < -0.3 is 14.7 Å². The van der Waals surface area contributed by atoms with Gasteiger partial charge in [0, 0.05) is 26.4 Å². The molecule has 0 radical (unpaired) electrons. The van der Waals surface area contributed by atoms with Gasteiger partial charge in [-0.2, -0.15) is 0 Å². The number of hydrogen-bond acceptors (Lipinski definition) is 5. The van der Waals surface area contributed by atoms with E-state index in [-0.39, 0.29) is 6.61 Å². The fourth-order valence-electron chi connectivity index (χ4n) is 3.05. The van der Waals surface area contributed by atoms with Crippen LogP contribution in [0, 0.1) is 0 Å². The monoisotopic (exact) mass is 429 g/mol. The Bertz CT molecular complexity index is 773. The minimum Gasteiger partial charge on any atom is -0.480 e. The van der Waals surface area contributed by atoms with Crippen molar-refractivity contribution >= 4 is 5.82 Å². The molecule has 2 heterocycles. The lowest BCUT2D eigenvalue weighted by Crippen LogP contribution is -2.15. The van der Waals surface area contributed by atoms with Gasteiger partial charge in [0.25, 0.3) is 0 Å². The fourth-order valence-corrected chi connectivity index (χ4v) is 3.05. The number of ether oxygens (including phenoxy) is 1. The van der Waals surface area contributed by atoms with Gasteiger partial charge in [0.15, 0.2) is 0 Å². The van der Waals surface area contributed by atoms with Gasteiger partial charge in [-0.15, -0.1) is 13.2 Å². The molecular weight excluding hydrogens is 386 g/mol. The zero-order valence-corrected chi connectivity index (χ0v) is 21.0. The van der Waals surface area contributed by atoms with E-state index < -0.39 is 0 Å². The molecule has 31 heavy (non-hydrogen) atoms. The molecule has 0 unspecified atom stereocenters. The molecule has 174 valence electrons. The average Bonchev–Trinajstić information content (AvgIpc) is 2.78. The second-order valence-electron chi connectivity index (χ2n) is 7.71. The summed E-state index contributed by atoms with van der Waals surface area (Å²) in [6.07, 6.45) is 3.67. The van der Waals surface area contributed by atoms with Crippen LogP contribution in [0.4, 0.5) is 5.82 Å². The summed E-state index contributed by atoms with van der Waals surface area (Å²) in [6.45, 7) is 16.8. The van der Waals surface area contributed by atoms with E-state index in [2.05, 4.69) is 71.0 Å². The number of pyridine rings is 2. The van der Waals surface area contributed by atoms with E-state index >= 15 is 0 Å². The lowest BCUT2D eigenvalue weighted by atomic mass is 9.99. The van der Waals surface area contributed by atoms with Crippen molar-refractivity contribution < 1.29 is 9.84 Å². The molecule has 0 fully saturated rings. The third-order valence-electron chi connectivity index (χ3n) is 4.49. The minimum absolute atomic E-state index is 0.185. The molecule has 0 saturated heterocycles. The second kappa shape index (κ2) is 15.4. The molecule has 2 aromatic rings. The summed E-state index contributed by atoms with van der Waals surface area (Å²) in [5, 5.41) is 9.20. The molecule has 0 saturated carbocycles. The predicted octanol–water partition coefficient (Wildman–Crippen LogP) is 6.05. The van der Waals surface area contributed by atoms with Crippen molar-refractivity contribution in [3.63, 3.8) is 0 Å². The molecule has 2 aromatic heterocycles. The van der Waals surface area contributed by atoms with Crippen molar-refractivity contribution in [3.05, 3.63) is 48.2 Å². The van der Waals surface area contributed by atoms with E-state index in [1.165, 1.54) is 12.0 Å². The number of anilines is 1. The lowest BCUT2D eigenvalue weighted by Gasteiger charge is -2.21. The Balaban J connectivity index is 0.00000165. The Kier molecular flexibility index (Phi) is 14.2. The molecule has 0 amide bonds. The molecular formula is C26H43N3O2. The van der Waals surface area contributed by atoms with Gasteiger partial charge in [-0.1, -0.05) is 41.0 Å². The number of aliphatic hydroxyl groups excluding tert-OH is 1. The first kappa shape index (κ1) is 28.6. The Morgan fingerprint density at radius 3 is 2.13 bits per heavy atom. The molecule has 0 aliphatic heterocycles. The Morgan fingerprint density at radius 1 is 1.06 bits per heavy atom. The standard InChI is InChI=1S/C21H31N3O2.C3H8.C2H4/c1-7-15-13-16(9-8-12-25)20(24(4)5)23-19(15)17-10-11-18(14(2)3)22-21(17)26-6;1-3-2;1-2/h10-11,13-14,25H,7-9,12H2,1-6H3;3H2,1-2H3;1-2H2. The Hall–Kier alpha value is -2.40. The van der Waals surface area contributed by atoms with Gasteiger partial charge in [0.1, 0.15) is 5.82 Å². The summed E-state index contributed by atoms with van der Waals surface area (Å²) in [6, 6.07) is 6.33. The quantitative estimate of drug-likeness (QED) is 0.518. The molecule has 0 atom stereocenters. The highest BCUT2D eigenvalue weighted by molar-refractivity contribution is 5.71. The van der Waals surface area contributed by atoms with Crippen molar-refractivity contribution in [3.8, 4) is 17.1 Å². The first-order valence-corrected chi connectivity index (χ1v) is 11.2. The van der Waals surface area contributed by atoms with E-state index in [9.17, 15) is 5.11 Å². The van der Waals surface area contributed by atoms with Crippen molar-refractivity contribution in [2.45, 2.75) is 66.2 Å². The molecule has 0 aromatic carbocycles. The van der Waals surface area contributed by atoms with Crippen LogP contribution < -0.4 is 9.64 Å². The predicted molar refractivity (Wildman–Crippen MR) is 134 cm³/mol. The summed E-state index contributed by atoms with van der Waals surface area (Å²) in [5.74, 6) is 1.89. The molecule has 0 spiro atoms. The highest BCUT2D eigenvalue weighted by Gasteiger charge is 2.18. The van der Waals surface area contributed by atoms with Crippen molar-refractivity contribution in [2.75, 3.05) is 32.7 Å². The van der Waals surface area contributed by atoms with E-state index in [1.54, 1.807) is 7.11 Å². The SMILES string of the molecule is C=C.CCC.CCc1cc(CCCO)c(N(C)C)nc1-c1ccc(C(C)C)nc1OC. The number of rotatable bonds is 8. The maximum absolute atomic E-state index is 9.20. The Labute approximate surface area is 190 Å². The first-order valence-electron chi connectivity index (χ1n) is 11.2. The van der Waals surface area contributed by atoms with Crippen LogP contribution in [0.1, 0.15) is 70.2 Å². The largest absolute Gasteiger partial charge is 0.480 e. The van der Waals surface area contributed by atoms with Crippen LogP contribution in [0.25, 0.3) is 11.3 Å². The molecule has 5 heteroatoms. The van der Waals surface area contributed by atoms with E-state index in [4.69, 9.17) is 9.72 Å². The number of nitrogens with zero attached hydrogens (tertiary/aromatic N) is 3. The molecule has 2 rings (SSSR count). The van der Waals surface area contributed by atoms with Crippen LogP contribution in [0.2, 0.25) is 0 Å². The van der Waals surface area contributed by atoms with Crippen molar-refractivity contribution in [1.82, 2.24) is 9.97 Å². The van der Waals surface area contributed by atoms with Crippen LogP contribution >= 0.6 is 0 Å². The normalized spacial score (nSPS) is 10.0. The topological polar surface area (TPSA) is 58.5 Å². The maximum Gasteiger partial charge on any atom is 0.222 e. The molecule has 0 aliphatic carbocycles. The summed E-state index contributed by atoms with van der Waals surface area (Å²) in [5.41, 5.74) is 5.18. The van der Waals surface area contributed by atoms with Gasteiger partial charge >= 0.3 is 0 Å². The number of hydrogen-bond donors (Lipinski definition) is 1. The second-order valence-corrected chi connectivity index (χ2v) is 7.71. The Morgan fingerprint density at radius 2 is 1.68 bits per heavy atom. The van der Waals surface area contributed by atoms with Crippen LogP contribution in [-0.4, -0.2) is 42.9 Å². The summed E-state index contributed by atoms with van der Waals surface area (Å²) in [7, 11) is 5.65. The highest BCUT2D eigenvalue weighted by Crippen LogP contribution is 2.34. The fraction of sp³-hybridized carbons (Fsp3) is 0.538. The molecule has 1 N–H and O–H groups in total. The average molecular weight is 430 g/mol. The highest BCUT2D eigenvalue weighted by atomic mass is 16.5. The minimum atomic E-state index is 0.185. The molecule has 0 bridgehead atoms. The van der Waals surface area contributed by atoms with E-state index in [1.807, 2.05) is 19.0 Å². The van der Waals surface area contributed by atoms with Gasteiger partial charge in [-0.25, -0.2) is 9.97 Å². The number of aryl methyl sites for hydroxylation is 2. The zero-order valence-electron chi connectivity index (χ0n) is 21.0. The molecule has 0 aliphatic rings. The van der Waals surface area contributed by atoms with Gasteiger partial charge in [-0.05, 0) is 54.5 Å². The first-order chi connectivity index (χ1) is 14.8. The van der Waals surface area contributed by atoms with E-state index in [0.717, 1.165) is 47.6 Å². The van der Waals surface area contributed by atoms with Gasteiger partial charge in [-0.3, -0.25) is 0 Å². The third kappa shape index (κ3) is 8.33. The number of aromatic nitrogens is 2. The smallest absolute Gasteiger partial charge is 0.222 e. The van der Waals surface area contributed by atoms with E-state index in [0.29, 0.717) is 11.8 Å². The van der Waals surface area contributed by atoms with Gasteiger partial charge in [0.2, 0.25) is 5.88 Å². The van der Waals surface area contributed by atoms with Crippen LogP contribution in [-0.2, 0) is 12.8 Å². The lowest BCUT2D eigenvalue weighted by molar-refractivity contribution is 0.288. The van der Waals surface area contributed by atoms with Gasteiger partial charge in [0.05, 0.1) is 18.4 Å². The summed E-state index contributed by atoms with van der Waals surface area (Å²) < 4.78 is 5.59. The number of aliphatic hydroxyl groups is 1. The maximum atomic E-state index is 9.20. The summed E-state index contributed by atoms with van der Waals surface area (Å²) >= 11 is 0. The van der Waals surface area contributed by atoms with Crippen LogP contribution in [0.3, 0.4) is 0 Å². The van der Waals surface area contributed by atoms with Crippen LogP contribution in [0.15, 0.2) is 31.4 Å². The van der Waals surface area contributed by atoms with Crippen molar-refractivity contribution in [2.24, 2.45) is 0 Å². The molecule has 5 nitrogen and oxygen atoms in total. The third-order valence-corrected chi connectivity index (χ3v) is 4.49. The van der Waals surface area contributed by atoms with Crippen molar-refractivity contribution in [1.29, 1.82) is 0 Å². The van der Waals surface area contributed by atoms with Crippen LogP contribution in [0.5, 0.6) is 5.88 Å². The summed E-state index contributed by atoms with van der Waals surface area (Å²) in [4.78, 5) is 11.7. The zero-order chi connectivity index (χ0) is 24.0.